The van der Waals surface area contributed by atoms with E-state index in [1.807, 2.05) is 30.6 Å². The second kappa shape index (κ2) is 8.15. The van der Waals surface area contributed by atoms with Crippen LogP contribution in [0.15, 0.2) is 23.7 Å². The van der Waals surface area contributed by atoms with Gasteiger partial charge in [0.15, 0.2) is 5.13 Å². The van der Waals surface area contributed by atoms with E-state index in [4.69, 9.17) is 4.74 Å². The minimum absolute atomic E-state index is 0.134. The molecule has 0 saturated carbocycles. The van der Waals surface area contributed by atoms with Crippen molar-refractivity contribution < 1.29 is 14.3 Å². The molecule has 8 heteroatoms. The number of ether oxygens (including phenoxy) is 1. The minimum Gasteiger partial charge on any atom is -0.444 e. The Morgan fingerprint density at radius 2 is 2.16 bits per heavy atom. The molecule has 0 unspecified atom stereocenters. The van der Waals surface area contributed by atoms with Gasteiger partial charge in [0.1, 0.15) is 5.60 Å². The molecule has 0 aliphatic heterocycles. The molecule has 0 saturated heterocycles. The molecule has 2 amide bonds. The van der Waals surface area contributed by atoms with E-state index in [1.54, 1.807) is 20.8 Å². The number of carbonyl (C=O) groups is 2. The predicted molar refractivity (Wildman–Crippen MR) is 98.6 cm³/mol. The van der Waals surface area contributed by atoms with Gasteiger partial charge in [-0.05, 0) is 46.2 Å². The number of aromatic amines is 1. The van der Waals surface area contributed by atoms with Gasteiger partial charge in [0.25, 0.3) is 0 Å². The van der Waals surface area contributed by atoms with Gasteiger partial charge in [-0.15, -0.1) is 11.3 Å². The summed E-state index contributed by atoms with van der Waals surface area (Å²) in [5.41, 5.74) is 1.17. The smallest absolute Gasteiger partial charge is 0.407 e. The molecular weight excluding hydrogens is 340 g/mol. The number of alkyl carbamates (subject to hydrolysis) is 1. The average Bonchev–Trinajstić information content (AvgIpc) is 3.13. The highest BCUT2D eigenvalue weighted by Gasteiger charge is 2.18. The molecule has 2 aromatic heterocycles. The van der Waals surface area contributed by atoms with Gasteiger partial charge in [0, 0.05) is 24.0 Å². The maximum Gasteiger partial charge on any atom is 0.407 e. The monoisotopic (exact) mass is 364 g/mol. The van der Waals surface area contributed by atoms with E-state index in [-0.39, 0.29) is 18.4 Å². The number of hydrogen-bond donors (Lipinski definition) is 3. The van der Waals surface area contributed by atoms with Crippen molar-refractivity contribution in [2.75, 3.05) is 5.32 Å². The Labute approximate surface area is 151 Å². The van der Waals surface area contributed by atoms with E-state index in [9.17, 15) is 9.59 Å². The van der Waals surface area contributed by atoms with Crippen LogP contribution >= 0.6 is 11.3 Å². The van der Waals surface area contributed by atoms with Crippen LogP contribution in [0.3, 0.4) is 0 Å². The Kier molecular flexibility index (Phi) is 6.19. The molecule has 0 aliphatic rings. The molecular formula is C17H24N4O3S. The molecule has 2 heterocycles. The molecule has 0 aliphatic carbocycles. The number of nitrogens with zero attached hydrogens (tertiary/aromatic N) is 1. The van der Waals surface area contributed by atoms with Crippen LogP contribution in [0, 0.1) is 0 Å². The van der Waals surface area contributed by atoms with Gasteiger partial charge in [0.05, 0.1) is 11.4 Å². The lowest BCUT2D eigenvalue weighted by Gasteiger charge is -2.21. The van der Waals surface area contributed by atoms with Gasteiger partial charge >= 0.3 is 6.09 Å². The molecule has 0 fully saturated rings. The molecule has 0 bridgehead atoms. The van der Waals surface area contributed by atoms with E-state index in [2.05, 4.69) is 20.6 Å². The van der Waals surface area contributed by atoms with Crippen molar-refractivity contribution >= 4 is 28.5 Å². The van der Waals surface area contributed by atoms with Crippen molar-refractivity contribution in [3.8, 4) is 11.4 Å². The Hall–Kier alpha value is -2.35. The zero-order chi connectivity index (χ0) is 18.4. The molecule has 25 heavy (non-hydrogen) atoms. The molecule has 0 spiro atoms. The Balaban J connectivity index is 1.74. The van der Waals surface area contributed by atoms with Gasteiger partial charge in [-0.25, -0.2) is 9.78 Å². The van der Waals surface area contributed by atoms with Crippen molar-refractivity contribution in [3.63, 3.8) is 0 Å². The van der Waals surface area contributed by atoms with Crippen LogP contribution < -0.4 is 10.6 Å². The first kappa shape index (κ1) is 19.0. The summed E-state index contributed by atoms with van der Waals surface area (Å²) in [6, 6.07) is 3.66. The van der Waals surface area contributed by atoms with Crippen molar-refractivity contribution in [1.29, 1.82) is 0 Å². The Bertz CT molecular complexity index is 704. The zero-order valence-electron chi connectivity index (χ0n) is 14.9. The fraction of sp³-hybridized carbons (Fsp3) is 0.471. The normalized spacial score (nSPS) is 12.5. The maximum atomic E-state index is 12.0. The summed E-state index contributed by atoms with van der Waals surface area (Å²) in [5, 5.41) is 7.94. The second-order valence-corrected chi connectivity index (χ2v) is 7.61. The van der Waals surface area contributed by atoms with Crippen LogP contribution in [0.2, 0.25) is 0 Å². The van der Waals surface area contributed by atoms with Crippen molar-refractivity contribution in [2.24, 2.45) is 0 Å². The molecule has 2 rings (SSSR count). The molecule has 1 atom stereocenters. The van der Waals surface area contributed by atoms with E-state index in [1.165, 1.54) is 11.3 Å². The SMILES string of the molecule is C[C@H](CCC(=O)Nc1nc(-c2ccc[nH]2)cs1)NC(=O)OC(C)(C)C. The lowest BCUT2D eigenvalue weighted by Crippen LogP contribution is -2.38. The zero-order valence-corrected chi connectivity index (χ0v) is 15.7. The minimum atomic E-state index is -0.539. The first-order valence-electron chi connectivity index (χ1n) is 8.11. The molecule has 0 radical (unpaired) electrons. The summed E-state index contributed by atoms with van der Waals surface area (Å²) in [5.74, 6) is -0.134. The van der Waals surface area contributed by atoms with Crippen molar-refractivity contribution in [3.05, 3.63) is 23.7 Å². The van der Waals surface area contributed by atoms with Crippen LogP contribution in [0.1, 0.15) is 40.5 Å². The summed E-state index contributed by atoms with van der Waals surface area (Å²) in [7, 11) is 0. The molecule has 136 valence electrons. The van der Waals surface area contributed by atoms with Crippen LogP contribution in [-0.2, 0) is 9.53 Å². The predicted octanol–water partition coefficient (Wildman–Crippen LogP) is 3.77. The standard InChI is InChI=1S/C17H24N4O3S/c1-11(19-16(23)24-17(2,3)4)7-8-14(22)21-15-20-13(10-25-15)12-6-5-9-18-12/h5-6,9-11,18H,7-8H2,1-4H3,(H,19,23)(H,20,21,22)/t11-/m1/s1. The first-order valence-corrected chi connectivity index (χ1v) is 8.99. The third kappa shape index (κ3) is 6.58. The maximum absolute atomic E-state index is 12.0. The number of nitrogens with one attached hydrogen (secondary N) is 3. The average molecular weight is 364 g/mol. The second-order valence-electron chi connectivity index (χ2n) is 6.76. The van der Waals surface area contributed by atoms with E-state index >= 15 is 0 Å². The van der Waals surface area contributed by atoms with Crippen molar-refractivity contribution in [2.45, 2.75) is 52.2 Å². The van der Waals surface area contributed by atoms with Gasteiger partial charge in [-0.1, -0.05) is 0 Å². The molecule has 3 N–H and O–H groups in total. The van der Waals surface area contributed by atoms with Gasteiger partial charge in [-0.2, -0.15) is 0 Å². The molecule has 7 nitrogen and oxygen atoms in total. The summed E-state index contributed by atoms with van der Waals surface area (Å²) < 4.78 is 5.19. The topological polar surface area (TPSA) is 96.1 Å². The number of anilines is 1. The van der Waals surface area contributed by atoms with Crippen LogP contribution in [-0.4, -0.2) is 33.6 Å². The number of H-pyrrole nitrogens is 1. The largest absolute Gasteiger partial charge is 0.444 e. The quantitative estimate of drug-likeness (QED) is 0.727. The lowest BCUT2D eigenvalue weighted by molar-refractivity contribution is -0.116. The molecule has 0 aromatic carbocycles. The number of aromatic nitrogens is 2. The summed E-state index contributed by atoms with van der Waals surface area (Å²) >= 11 is 1.37. The fourth-order valence-corrected chi connectivity index (χ4v) is 2.78. The van der Waals surface area contributed by atoms with Crippen LogP contribution in [0.4, 0.5) is 9.93 Å². The van der Waals surface area contributed by atoms with Crippen LogP contribution in [0.5, 0.6) is 0 Å². The fourth-order valence-electron chi connectivity index (χ4n) is 2.05. The Morgan fingerprint density at radius 3 is 2.80 bits per heavy atom. The van der Waals surface area contributed by atoms with Gasteiger partial charge in [0.2, 0.25) is 5.91 Å². The number of amides is 2. The highest BCUT2D eigenvalue weighted by molar-refractivity contribution is 7.14. The summed E-state index contributed by atoms with van der Waals surface area (Å²) in [4.78, 5) is 31.2. The van der Waals surface area contributed by atoms with E-state index in [0.29, 0.717) is 11.6 Å². The third-order valence-corrected chi connectivity index (χ3v) is 3.95. The Morgan fingerprint density at radius 1 is 1.40 bits per heavy atom. The van der Waals surface area contributed by atoms with E-state index < -0.39 is 11.7 Å². The number of hydrogen-bond acceptors (Lipinski definition) is 5. The van der Waals surface area contributed by atoms with Gasteiger partial charge in [-0.3, -0.25) is 4.79 Å². The highest BCUT2D eigenvalue weighted by Crippen LogP contribution is 2.23. The number of thiazole rings is 1. The third-order valence-electron chi connectivity index (χ3n) is 3.19. The van der Waals surface area contributed by atoms with Crippen LogP contribution in [0.25, 0.3) is 11.4 Å². The molecule has 2 aromatic rings. The number of rotatable bonds is 6. The first-order chi connectivity index (χ1) is 11.7. The number of carbonyl (C=O) groups excluding carboxylic acids is 2. The lowest BCUT2D eigenvalue weighted by atomic mass is 10.2. The van der Waals surface area contributed by atoms with E-state index in [0.717, 1.165) is 11.4 Å². The highest BCUT2D eigenvalue weighted by atomic mass is 32.1. The summed E-state index contributed by atoms with van der Waals surface area (Å²) in [6.45, 7) is 7.25. The van der Waals surface area contributed by atoms with Crippen molar-refractivity contribution in [1.82, 2.24) is 15.3 Å². The summed E-state index contributed by atoms with van der Waals surface area (Å²) in [6.07, 6.45) is 2.15. The van der Waals surface area contributed by atoms with Gasteiger partial charge < -0.3 is 20.4 Å².